The third-order valence-corrected chi connectivity index (χ3v) is 2.74. The molecule has 0 aliphatic heterocycles. The van der Waals surface area contributed by atoms with Crippen molar-refractivity contribution in [2.45, 2.75) is 6.42 Å². The van der Waals surface area contributed by atoms with Crippen LogP contribution in [-0.2, 0) is 11.2 Å². The van der Waals surface area contributed by atoms with E-state index >= 15 is 0 Å². The minimum absolute atomic E-state index is 0.0810. The average Bonchev–Trinajstić information content (AvgIpc) is 2.43. The Hall–Kier alpha value is -2.83. The molecular weight excluding hydrogens is 282 g/mol. The van der Waals surface area contributed by atoms with Crippen LogP contribution in [-0.4, -0.2) is 10.8 Å². The Morgan fingerprint density at radius 2 is 1.86 bits per heavy atom. The van der Waals surface area contributed by atoms with Crippen molar-refractivity contribution in [3.05, 3.63) is 69.8 Å². The van der Waals surface area contributed by atoms with Gasteiger partial charge in [0.25, 0.3) is 5.69 Å². The number of benzene rings is 2. The van der Waals surface area contributed by atoms with E-state index in [1.165, 1.54) is 24.3 Å². The predicted octanol–water partition coefficient (Wildman–Crippen LogP) is 3.05. The highest BCUT2D eigenvalue weighted by Crippen LogP contribution is 2.19. The summed E-state index contributed by atoms with van der Waals surface area (Å²) in [5, 5.41) is 13.2. The highest BCUT2D eigenvalue weighted by molar-refractivity contribution is 5.92. The SMILES string of the molecule is O=C(Cc1ccccc1[N+](=O)[O-])Nc1ccc(F)c(F)c1. The van der Waals surface area contributed by atoms with Gasteiger partial charge >= 0.3 is 0 Å². The standard InChI is InChI=1S/C14H10F2N2O3/c15-11-6-5-10(8-12(11)16)17-14(19)7-9-3-1-2-4-13(9)18(20)21/h1-6,8H,7H2,(H,17,19). The molecule has 0 saturated carbocycles. The molecule has 2 rings (SSSR count). The van der Waals surface area contributed by atoms with Crippen LogP contribution >= 0.6 is 0 Å². The van der Waals surface area contributed by atoms with Crippen molar-refractivity contribution >= 4 is 17.3 Å². The number of carbonyl (C=O) groups is 1. The topological polar surface area (TPSA) is 72.2 Å². The van der Waals surface area contributed by atoms with Crippen LogP contribution in [0.1, 0.15) is 5.56 Å². The van der Waals surface area contributed by atoms with Gasteiger partial charge in [0, 0.05) is 23.4 Å². The summed E-state index contributed by atoms with van der Waals surface area (Å²) in [4.78, 5) is 22.0. The summed E-state index contributed by atoms with van der Waals surface area (Å²) in [6.07, 6.45) is -0.240. The smallest absolute Gasteiger partial charge is 0.273 e. The summed E-state index contributed by atoms with van der Waals surface area (Å²) in [5.41, 5.74) is 0.151. The fourth-order valence-electron chi connectivity index (χ4n) is 1.79. The number of rotatable bonds is 4. The van der Waals surface area contributed by atoms with Crippen molar-refractivity contribution in [1.29, 1.82) is 0 Å². The monoisotopic (exact) mass is 292 g/mol. The molecular formula is C14H10F2N2O3. The van der Waals surface area contributed by atoms with E-state index in [4.69, 9.17) is 0 Å². The van der Waals surface area contributed by atoms with Crippen molar-refractivity contribution in [3.63, 3.8) is 0 Å². The predicted molar refractivity (Wildman–Crippen MR) is 71.8 cm³/mol. The Morgan fingerprint density at radius 1 is 1.14 bits per heavy atom. The number of halogens is 2. The first kappa shape index (κ1) is 14.6. The highest BCUT2D eigenvalue weighted by atomic mass is 19.2. The third kappa shape index (κ3) is 3.59. The van der Waals surface area contributed by atoms with Gasteiger partial charge in [0.2, 0.25) is 5.91 Å². The molecule has 0 fully saturated rings. The van der Waals surface area contributed by atoms with Gasteiger partial charge in [0.05, 0.1) is 11.3 Å². The largest absolute Gasteiger partial charge is 0.326 e. The fraction of sp³-hybridized carbons (Fsp3) is 0.0714. The normalized spacial score (nSPS) is 10.2. The molecule has 2 aromatic carbocycles. The maximum Gasteiger partial charge on any atom is 0.273 e. The third-order valence-electron chi connectivity index (χ3n) is 2.74. The summed E-state index contributed by atoms with van der Waals surface area (Å²) in [7, 11) is 0. The van der Waals surface area contributed by atoms with E-state index in [1.807, 2.05) is 0 Å². The Morgan fingerprint density at radius 3 is 2.52 bits per heavy atom. The first-order valence-electron chi connectivity index (χ1n) is 5.94. The van der Waals surface area contributed by atoms with Crippen LogP contribution in [0.2, 0.25) is 0 Å². The number of amides is 1. The summed E-state index contributed by atoms with van der Waals surface area (Å²) in [6, 6.07) is 8.75. The van der Waals surface area contributed by atoms with Gasteiger partial charge in [0.1, 0.15) is 0 Å². The van der Waals surface area contributed by atoms with Crippen molar-refractivity contribution in [3.8, 4) is 0 Å². The van der Waals surface area contributed by atoms with Crippen LogP contribution in [0.3, 0.4) is 0 Å². The maximum atomic E-state index is 13.0. The van der Waals surface area contributed by atoms with Crippen LogP contribution in [0.5, 0.6) is 0 Å². The van der Waals surface area contributed by atoms with Crippen molar-refractivity contribution < 1.29 is 18.5 Å². The second-order valence-corrected chi connectivity index (χ2v) is 4.24. The first-order valence-corrected chi connectivity index (χ1v) is 5.94. The molecule has 0 aliphatic carbocycles. The van der Waals surface area contributed by atoms with E-state index in [1.54, 1.807) is 6.07 Å². The van der Waals surface area contributed by atoms with Crippen LogP contribution in [0.15, 0.2) is 42.5 Å². The molecule has 1 N–H and O–H groups in total. The van der Waals surface area contributed by atoms with E-state index in [2.05, 4.69) is 5.32 Å². The molecule has 2 aromatic rings. The van der Waals surface area contributed by atoms with Crippen LogP contribution in [0, 0.1) is 21.7 Å². The number of nitro benzene ring substituents is 1. The van der Waals surface area contributed by atoms with E-state index in [-0.39, 0.29) is 23.4 Å². The van der Waals surface area contributed by atoms with Gasteiger partial charge in [-0.05, 0) is 12.1 Å². The lowest BCUT2D eigenvalue weighted by atomic mass is 10.1. The number of para-hydroxylation sites is 1. The molecule has 0 spiro atoms. The van der Waals surface area contributed by atoms with Gasteiger partial charge in [-0.1, -0.05) is 18.2 Å². The fourth-order valence-corrected chi connectivity index (χ4v) is 1.79. The quantitative estimate of drug-likeness (QED) is 0.695. The summed E-state index contributed by atoms with van der Waals surface area (Å²) in [5.74, 6) is -2.67. The zero-order valence-corrected chi connectivity index (χ0v) is 10.7. The number of nitrogens with one attached hydrogen (secondary N) is 1. The molecule has 5 nitrogen and oxygen atoms in total. The Labute approximate surface area is 118 Å². The number of hydrogen-bond acceptors (Lipinski definition) is 3. The van der Waals surface area contributed by atoms with Gasteiger partial charge < -0.3 is 5.32 Å². The lowest BCUT2D eigenvalue weighted by Gasteiger charge is -2.06. The minimum Gasteiger partial charge on any atom is -0.326 e. The molecule has 0 bridgehead atoms. The van der Waals surface area contributed by atoms with Crippen molar-refractivity contribution in [2.24, 2.45) is 0 Å². The molecule has 108 valence electrons. The Bertz CT molecular complexity index is 704. The molecule has 0 aromatic heterocycles. The number of anilines is 1. The minimum atomic E-state index is -1.08. The molecule has 0 radical (unpaired) electrons. The van der Waals surface area contributed by atoms with Gasteiger partial charge in [-0.15, -0.1) is 0 Å². The van der Waals surface area contributed by atoms with Crippen molar-refractivity contribution in [1.82, 2.24) is 0 Å². The molecule has 0 aliphatic rings. The van der Waals surface area contributed by atoms with Gasteiger partial charge in [0.15, 0.2) is 11.6 Å². The molecule has 7 heteroatoms. The highest BCUT2D eigenvalue weighted by Gasteiger charge is 2.15. The van der Waals surface area contributed by atoms with Crippen LogP contribution in [0.25, 0.3) is 0 Å². The number of carbonyl (C=O) groups excluding carboxylic acids is 1. The summed E-state index contributed by atoms with van der Waals surface area (Å²) < 4.78 is 25.8. The molecule has 0 unspecified atom stereocenters. The molecule has 0 heterocycles. The van der Waals surface area contributed by atoms with E-state index in [0.29, 0.717) is 0 Å². The zero-order chi connectivity index (χ0) is 15.4. The zero-order valence-electron chi connectivity index (χ0n) is 10.7. The molecule has 1 amide bonds. The average molecular weight is 292 g/mol. The summed E-state index contributed by atoms with van der Waals surface area (Å²) in [6.45, 7) is 0. The van der Waals surface area contributed by atoms with E-state index in [9.17, 15) is 23.7 Å². The number of nitro groups is 1. The number of hydrogen-bond donors (Lipinski definition) is 1. The van der Waals surface area contributed by atoms with Gasteiger partial charge in [-0.25, -0.2) is 8.78 Å². The molecule has 0 atom stereocenters. The lowest BCUT2D eigenvalue weighted by molar-refractivity contribution is -0.385. The van der Waals surface area contributed by atoms with E-state index in [0.717, 1.165) is 12.1 Å². The van der Waals surface area contributed by atoms with Crippen LogP contribution in [0.4, 0.5) is 20.2 Å². The van der Waals surface area contributed by atoms with Gasteiger partial charge in [-0.2, -0.15) is 0 Å². The maximum absolute atomic E-state index is 13.0. The summed E-state index contributed by atoms with van der Waals surface area (Å²) >= 11 is 0. The second kappa shape index (κ2) is 6.08. The molecule has 0 saturated heterocycles. The number of nitrogens with zero attached hydrogens (tertiary/aromatic N) is 1. The van der Waals surface area contributed by atoms with E-state index < -0.39 is 22.5 Å². The lowest BCUT2D eigenvalue weighted by Crippen LogP contribution is -2.15. The molecule has 21 heavy (non-hydrogen) atoms. The Balaban J connectivity index is 2.12. The second-order valence-electron chi connectivity index (χ2n) is 4.24. The first-order chi connectivity index (χ1) is 9.97. The Kier molecular flexibility index (Phi) is 4.22. The van der Waals surface area contributed by atoms with Gasteiger partial charge in [-0.3, -0.25) is 14.9 Å². The van der Waals surface area contributed by atoms with Crippen LogP contribution < -0.4 is 5.32 Å². The van der Waals surface area contributed by atoms with Crippen molar-refractivity contribution in [2.75, 3.05) is 5.32 Å².